The molecule has 146 valence electrons. The van der Waals surface area contributed by atoms with Gasteiger partial charge in [0.1, 0.15) is 37.8 Å². The summed E-state index contributed by atoms with van der Waals surface area (Å²) in [6.07, 6.45) is 0.989. The number of hydrogen-bond acceptors (Lipinski definition) is 2. The molecule has 4 nitrogen and oxygen atoms in total. The second-order valence-corrected chi connectivity index (χ2v) is 9.54. The summed E-state index contributed by atoms with van der Waals surface area (Å²) in [4.78, 5) is 0. The van der Waals surface area contributed by atoms with E-state index < -0.39 is 0 Å². The van der Waals surface area contributed by atoms with E-state index in [2.05, 4.69) is 78.7 Å². The van der Waals surface area contributed by atoms with Crippen LogP contribution in [0.1, 0.15) is 11.1 Å². The lowest BCUT2D eigenvalue weighted by Crippen LogP contribution is -2.38. The van der Waals surface area contributed by atoms with Crippen molar-refractivity contribution in [1.82, 2.24) is 0 Å². The minimum Gasteiger partial charge on any atom is -0.488 e. The van der Waals surface area contributed by atoms with Crippen LogP contribution in [0.5, 0.6) is 11.5 Å². The molecule has 0 fully saturated rings. The van der Waals surface area contributed by atoms with Gasteiger partial charge < -0.3 is 18.4 Å². The van der Waals surface area contributed by atoms with Crippen LogP contribution >= 0.6 is 0 Å². The van der Waals surface area contributed by atoms with Crippen LogP contribution in [0, 0.1) is 0 Å². The Kier molecular flexibility index (Phi) is 5.50. The highest BCUT2D eigenvalue weighted by atomic mass is 16.5. The van der Waals surface area contributed by atoms with Crippen molar-refractivity contribution in [2.75, 3.05) is 68.6 Å². The summed E-state index contributed by atoms with van der Waals surface area (Å²) in [7, 11) is 13.1. The molecule has 3 rings (SSSR count). The van der Waals surface area contributed by atoms with Crippen molar-refractivity contribution in [2.24, 2.45) is 0 Å². The minimum absolute atomic E-state index is 0.726. The molecular formula is C23H34N2O2+2. The van der Waals surface area contributed by atoms with E-state index in [0.29, 0.717) is 0 Å². The minimum atomic E-state index is 0.726. The first-order chi connectivity index (χ1) is 12.6. The highest BCUT2D eigenvalue weighted by molar-refractivity contribution is 5.78. The fourth-order valence-electron chi connectivity index (χ4n) is 3.18. The van der Waals surface area contributed by atoms with E-state index in [9.17, 15) is 0 Å². The molecule has 0 unspecified atom stereocenters. The summed E-state index contributed by atoms with van der Waals surface area (Å²) in [5.41, 5.74) is 5.30. The summed E-state index contributed by atoms with van der Waals surface area (Å²) in [5, 5.41) is 0. The van der Waals surface area contributed by atoms with E-state index in [0.717, 1.165) is 53.2 Å². The molecule has 0 saturated heterocycles. The van der Waals surface area contributed by atoms with Gasteiger partial charge in [0, 0.05) is 0 Å². The van der Waals surface area contributed by atoms with E-state index in [-0.39, 0.29) is 0 Å². The first kappa shape index (κ1) is 19.7. The van der Waals surface area contributed by atoms with Gasteiger partial charge in [0.2, 0.25) is 0 Å². The molecule has 4 heteroatoms. The third-order valence-electron chi connectivity index (χ3n) is 4.90. The van der Waals surface area contributed by atoms with Crippen molar-refractivity contribution >= 4 is 0 Å². The van der Waals surface area contributed by atoms with E-state index in [4.69, 9.17) is 9.47 Å². The molecule has 2 aromatic rings. The summed E-state index contributed by atoms with van der Waals surface area (Å²) < 4.78 is 13.8. The van der Waals surface area contributed by atoms with Crippen molar-refractivity contribution in [1.29, 1.82) is 0 Å². The SMILES string of the molecule is C[N+](C)(C)CCOc1ccc2c(c1)-c1cc(OCC[N+](C)(C)C)ccc1C2. The molecule has 1 aliphatic carbocycles. The van der Waals surface area contributed by atoms with Gasteiger partial charge in [-0.05, 0) is 52.9 Å². The van der Waals surface area contributed by atoms with E-state index in [1.807, 2.05) is 0 Å². The average molecular weight is 371 g/mol. The molecule has 0 N–H and O–H groups in total. The molecule has 0 saturated carbocycles. The van der Waals surface area contributed by atoms with Crippen molar-refractivity contribution in [2.45, 2.75) is 6.42 Å². The van der Waals surface area contributed by atoms with Crippen LogP contribution in [0.2, 0.25) is 0 Å². The number of benzene rings is 2. The highest BCUT2D eigenvalue weighted by Gasteiger charge is 2.20. The molecule has 1 aliphatic rings. The molecule has 2 aromatic carbocycles. The van der Waals surface area contributed by atoms with Crippen LogP contribution in [-0.4, -0.2) is 77.6 Å². The maximum absolute atomic E-state index is 6.01. The zero-order valence-corrected chi connectivity index (χ0v) is 17.7. The normalized spacial score (nSPS) is 13.3. The molecule has 0 bridgehead atoms. The zero-order chi connectivity index (χ0) is 19.7. The van der Waals surface area contributed by atoms with Crippen LogP contribution in [0.25, 0.3) is 11.1 Å². The standard InChI is InChI=1S/C23H34N2O2/c1-24(2,3)11-13-26-20-9-7-18-15-19-8-10-21(17-23(19)22(18)16-20)27-14-12-25(4,5)6/h7-10,16-17H,11-15H2,1-6H3/q+2. The van der Waals surface area contributed by atoms with Gasteiger partial charge >= 0.3 is 0 Å². The molecule has 0 atom stereocenters. The van der Waals surface area contributed by atoms with Gasteiger partial charge in [-0.2, -0.15) is 0 Å². The number of quaternary nitrogens is 2. The molecule has 0 aliphatic heterocycles. The Morgan fingerprint density at radius 2 is 1.07 bits per heavy atom. The first-order valence-electron chi connectivity index (χ1n) is 9.73. The number of hydrogen-bond donors (Lipinski definition) is 0. The molecule has 0 radical (unpaired) electrons. The lowest BCUT2D eigenvalue weighted by molar-refractivity contribution is -0.870. The Bertz CT molecular complexity index is 734. The van der Waals surface area contributed by atoms with Gasteiger partial charge in [0.25, 0.3) is 0 Å². The van der Waals surface area contributed by atoms with Gasteiger partial charge in [0.05, 0.1) is 42.3 Å². The maximum Gasteiger partial charge on any atom is 0.137 e. The maximum atomic E-state index is 6.01. The van der Waals surface area contributed by atoms with E-state index >= 15 is 0 Å². The Balaban J connectivity index is 1.71. The molecule has 0 spiro atoms. The third kappa shape index (κ3) is 5.47. The number of likely N-dealkylation sites (N-methyl/N-ethyl adjacent to an activating group) is 2. The fraction of sp³-hybridized carbons (Fsp3) is 0.478. The van der Waals surface area contributed by atoms with Gasteiger partial charge in [-0.15, -0.1) is 0 Å². The summed E-state index contributed by atoms with van der Waals surface area (Å²) in [6, 6.07) is 13.0. The topological polar surface area (TPSA) is 18.5 Å². The highest BCUT2D eigenvalue weighted by Crippen LogP contribution is 2.40. The number of ether oxygens (including phenoxy) is 2. The van der Waals surface area contributed by atoms with Crippen LogP contribution in [0.15, 0.2) is 36.4 Å². The van der Waals surface area contributed by atoms with Crippen molar-refractivity contribution in [3.63, 3.8) is 0 Å². The number of rotatable bonds is 8. The van der Waals surface area contributed by atoms with E-state index in [1.165, 1.54) is 22.3 Å². The monoisotopic (exact) mass is 370 g/mol. The first-order valence-corrected chi connectivity index (χ1v) is 9.73. The van der Waals surface area contributed by atoms with Gasteiger partial charge in [-0.1, -0.05) is 12.1 Å². The lowest BCUT2D eigenvalue weighted by Gasteiger charge is -2.23. The molecule has 0 heterocycles. The molecular weight excluding hydrogens is 336 g/mol. The van der Waals surface area contributed by atoms with Gasteiger partial charge in [-0.3, -0.25) is 0 Å². The Labute approximate surface area is 164 Å². The quantitative estimate of drug-likeness (QED) is 0.566. The number of nitrogens with zero attached hydrogens (tertiary/aromatic N) is 2. The Morgan fingerprint density at radius 3 is 1.44 bits per heavy atom. The van der Waals surface area contributed by atoms with Crippen LogP contribution in [0.4, 0.5) is 0 Å². The molecule has 0 amide bonds. The summed E-state index contributed by atoms with van der Waals surface area (Å²) in [5.74, 6) is 1.90. The molecule has 27 heavy (non-hydrogen) atoms. The lowest BCUT2D eigenvalue weighted by atomic mass is 10.1. The van der Waals surface area contributed by atoms with E-state index in [1.54, 1.807) is 0 Å². The zero-order valence-electron chi connectivity index (χ0n) is 17.7. The predicted molar refractivity (Wildman–Crippen MR) is 111 cm³/mol. The molecule has 0 aromatic heterocycles. The van der Waals surface area contributed by atoms with Crippen molar-refractivity contribution in [3.05, 3.63) is 47.5 Å². The van der Waals surface area contributed by atoms with Crippen molar-refractivity contribution < 1.29 is 18.4 Å². The number of fused-ring (bicyclic) bond motifs is 3. The van der Waals surface area contributed by atoms with Crippen LogP contribution in [0.3, 0.4) is 0 Å². The summed E-state index contributed by atoms with van der Waals surface area (Å²) in [6.45, 7) is 3.42. The second kappa shape index (κ2) is 7.53. The van der Waals surface area contributed by atoms with Gasteiger partial charge in [0.15, 0.2) is 0 Å². The van der Waals surface area contributed by atoms with Gasteiger partial charge in [-0.25, -0.2) is 0 Å². The average Bonchev–Trinajstić information content (AvgIpc) is 2.90. The largest absolute Gasteiger partial charge is 0.488 e. The fourth-order valence-corrected chi connectivity index (χ4v) is 3.18. The Hall–Kier alpha value is -2.04. The summed E-state index contributed by atoms with van der Waals surface area (Å²) >= 11 is 0. The van der Waals surface area contributed by atoms with Crippen molar-refractivity contribution in [3.8, 4) is 22.6 Å². The van der Waals surface area contributed by atoms with Crippen LogP contribution in [-0.2, 0) is 6.42 Å². The smallest absolute Gasteiger partial charge is 0.137 e. The Morgan fingerprint density at radius 1 is 0.667 bits per heavy atom. The predicted octanol–water partition coefficient (Wildman–Crippen LogP) is 3.43. The van der Waals surface area contributed by atoms with Crippen LogP contribution < -0.4 is 9.47 Å². The second-order valence-electron chi connectivity index (χ2n) is 9.54. The third-order valence-corrected chi connectivity index (χ3v) is 4.90.